The molecule has 1 aliphatic rings. The fourth-order valence-corrected chi connectivity index (χ4v) is 3.66. The van der Waals surface area contributed by atoms with E-state index in [-0.39, 0.29) is 36.1 Å². The summed E-state index contributed by atoms with van der Waals surface area (Å²) < 4.78 is 13.4. The first-order valence-electron chi connectivity index (χ1n) is 10.6. The topological polar surface area (TPSA) is 61.4 Å². The second kappa shape index (κ2) is 10.2. The zero-order chi connectivity index (χ0) is 21.5. The Morgan fingerprint density at radius 3 is 2.57 bits per heavy atom. The van der Waals surface area contributed by atoms with Crippen LogP contribution in [0.25, 0.3) is 0 Å². The molecule has 5 nitrogen and oxygen atoms in total. The quantitative estimate of drug-likeness (QED) is 0.727. The number of rotatable bonds is 7. The summed E-state index contributed by atoms with van der Waals surface area (Å²) in [5, 5.41) is 6.03. The van der Waals surface area contributed by atoms with E-state index in [0.717, 1.165) is 43.6 Å². The first kappa shape index (κ1) is 21.8. The molecule has 1 unspecified atom stereocenters. The summed E-state index contributed by atoms with van der Waals surface area (Å²) in [6.45, 7) is 5.79. The van der Waals surface area contributed by atoms with Gasteiger partial charge in [-0.1, -0.05) is 38.1 Å². The highest BCUT2D eigenvalue weighted by Crippen LogP contribution is 2.24. The molecule has 1 fully saturated rings. The first-order chi connectivity index (χ1) is 14.5. The van der Waals surface area contributed by atoms with Crippen molar-refractivity contribution in [1.29, 1.82) is 0 Å². The van der Waals surface area contributed by atoms with Crippen molar-refractivity contribution in [2.24, 2.45) is 5.92 Å². The summed E-state index contributed by atoms with van der Waals surface area (Å²) in [5.41, 5.74) is 2.22. The molecule has 0 radical (unpaired) electrons. The number of benzene rings is 2. The van der Waals surface area contributed by atoms with E-state index in [1.807, 2.05) is 38.1 Å². The number of carbonyl (C=O) groups excluding carboxylic acids is 2. The maximum atomic E-state index is 13.4. The van der Waals surface area contributed by atoms with Crippen LogP contribution in [0, 0.1) is 11.7 Å². The van der Waals surface area contributed by atoms with Crippen LogP contribution in [-0.2, 0) is 11.3 Å². The van der Waals surface area contributed by atoms with Crippen molar-refractivity contribution in [3.05, 3.63) is 65.5 Å². The molecule has 2 N–H and O–H groups in total. The van der Waals surface area contributed by atoms with Gasteiger partial charge in [-0.2, -0.15) is 0 Å². The van der Waals surface area contributed by atoms with Crippen molar-refractivity contribution < 1.29 is 14.0 Å². The van der Waals surface area contributed by atoms with Crippen LogP contribution in [-0.4, -0.2) is 30.9 Å². The number of anilines is 1. The molecule has 0 spiro atoms. The van der Waals surface area contributed by atoms with Crippen molar-refractivity contribution >= 4 is 17.5 Å². The van der Waals surface area contributed by atoms with E-state index in [2.05, 4.69) is 15.5 Å². The molecule has 1 heterocycles. The third-order valence-corrected chi connectivity index (χ3v) is 5.73. The lowest BCUT2D eigenvalue weighted by atomic mass is 10.0. The lowest BCUT2D eigenvalue weighted by Gasteiger charge is -2.35. The maximum absolute atomic E-state index is 13.4. The average molecular weight is 412 g/mol. The van der Waals surface area contributed by atoms with Crippen LogP contribution in [0.2, 0.25) is 0 Å². The Bertz CT molecular complexity index is 878. The number of piperidine rings is 1. The number of amides is 2. The summed E-state index contributed by atoms with van der Waals surface area (Å²) in [4.78, 5) is 27.1. The van der Waals surface area contributed by atoms with Crippen LogP contribution in [0.3, 0.4) is 0 Å². The van der Waals surface area contributed by atoms with Gasteiger partial charge in [-0.3, -0.25) is 9.59 Å². The molecule has 1 saturated heterocycles. The molecule has 2 aromatic rings. The van der Waals surface area contributed by atoms with E-state index >= 15 is 0 Å². The zero-order valence-corrected chi connectivity index (χ0v) is 17.7. The summed E-state index contributed by atoms with van der Waals surface area (Å²) in [6.07, 6.45) is 2.53. The monoisotopic (exact) mass is 411 g/mol. The normalized spacial score (nSPS) is 15.5. The molecule has 2 amide bonds. The van der Waals surface area contributed by atoms with Crippen LogP contribution < -0.4 is 15.5 Å². The molecule has 0 aromatic heterocycles. The van der Waals surface area contributed by atoms with E-state index in [1.54, 1.807) is 12.1 Å². The number of carbonyl (C=O) groups is 2. The lowest BCUT2D eigenvalue weighted by Crippen LogP contribution is -2.46. The van der Waals surface area contributed by atoms with Crippen molar-refractivity contribution in [2.45, 2.75) is 45.7 Å². The van der Waals surface area contributed by atoms with Crippen LogP contribution >= 0.6 is 0 Å². The molecule has 30 heavy (non-hydrogen) atoms. The van der Waals surface area contributed by atoms with Crippen molar-refractivity contribution in [3.8, 4) is 0 Å². The SMILES string of the molecule is CCC(C)C(=O)NC1CCN(c2ccccc2C(=O)NCc2cccc(F)c2)CC1. The van der Waals surface area contributed by atoms with Gasteiger partial charge < -0.3 is 15.5 Å². The molecule has 1 aliphatic heterocycles. The number of hydrogen-bond donors (Lipinski definition) is 2. The second-order valence-electron chi connectivity index (χ2n) is 7.91. The standard InChI is InChI=1S/C24H30FN3O2/c1-3-17(2)23(29)27-20-11-13-28(14-12-20)22-10-5-4-9-21(22)24(30)26-16-18-7-6-8-19(25)15-18/h4-10,15,17,20H,3,11-14,16H2,1-2H3,(H,26,30)(H,27,29). The number of nitrogens with one attached hydrogen (secondary N) is 2. The minimum absolute atomic E-state index is 0.0329. The fourth-order valence-electron chi connectivity index (χ4n) is 3.66. The second-order valence-corrected chi connectivity index (χ2v) is 7.91. The number of nitrogens with zero attached hydrogens (tertiary/aromatic N) is 1. The number of para-hydroxylation sites is 1. The molecule has 0 saturated carbocycles. The van der Waals surface area contributed by atoms with Gasteiger partial charge in [-0.15, -0.1) is 0 Å². The zero-order valence-electron chi connectivity index (χ0n) is 17.7. The Morgan fingerprint density at radius 2 is 1.87 bits per heavy atom. The van der Waals surface area contributed by atoms with Crippen molar-refractivity contribution in [3.63, 3.8) is 0 Å². The minimum Gasteiger partial charge on any atom is -0.371 e. The molecule has 0 bridgehead atoms. The summed E-state index contributed by atoms with van der Waals surface area (Å²) >= 11 is 0. The number of halogens is 1. The van der Waals surface area contributed by atoms with E-state index in [1.165, 1.54) is 12.1 Å². The fraction of sp³-hybridized carbons (Fsp3) is 0.417. The van der Waals surface area contributed by atoms with Crippen molar-refractivity contribution in [1.82, 2.24) is 10.6 Å². The molecule has 2 aromatic carbocycles. The van der Waals surface area contributed by atoms with Crippen LogP contribution in [0.5, 0.6) is 0 Å². The van der Waals surface area contributed by atoms with Gasteiger partial charge in [0, 0.05) is 37.3 Å². The van der Waals surface area contributed by atoms with E-state index < -0.39 is 0 Å². The third-order valence-electron chi connectivity index (χ3n) is 5.73. The molecule has 3 rings (SSSR count). The Hall–Kier alpha value is -2.89. The Balaban J connectivity index is 1.60. The summed E-state index contributed by atoms with van der Waals surface area (Å²) in [6, 6.07) is 13.9. The van der Waals surface area contributed by atoms with E-state index in [9.17, 15) is 14.0 Å². The van der Waals surface area contributed by atoms with Crippen LogP contribution in [0.1, 0.15) is 49.0 Å². The molecule has 160 valence electrons. The van der Waals surface area contributed by atoms with Gasteiger partial charge in [0.2, 0.25) is 5.91 Å². The van der Waals surface area contributed by atoms with Gasteiger partial charge in [0.1, 0.15) is 5.82 Å². The highest BCUT2D eigenvalue weighted by molar-refractivity contribution is 5.99. The molecular formula is C24H30FN3O2. The van der Waals surface area contributed by atoms with Gasteiger partial charge in [0.15, 0.2) is 0 Å². The molecule has 6 heteroatoms. The summed E-state index contributed by atoms with van der Waals surface area (Å²) in [5.74, 6) is -0.342. The van der Waals surface area contributed by atoms with Gasteiger partial charge in [0.05, 0.1) is 5.56 Å². The maximum Gasteiger partial charge on any atom is 0.253 e. The molecular weight excluding hydrogens is 381 g/mol. The smallest absolute Gasteiger partial charge is 0.253 e. The van der Waals surface area contributed by atoms with E-state index in [0.29, 0.717) is 5.56 Å². The average Bonchev–Trinajstić information content (AvgIpc) is 2.77. The molecule has 0 aliphatic carbocycles. The predicted molar refractivity (Wildman–Crippen MR) is 117 cm³/mol. The summed E-state index contributed by atoms with van der Waals surface area (Å²) in [7, 11) is 0. The Morgan fingerprint density at radius 1 is 1.13 bits per heavy atom. The largest absolute Gasteiger partial charge is 0.371 e. The highest BCUT2D eigenvalue weighted by Gasteiger charge is 2.24. The lowest BCUT2D eigenvalue weighted by molar-refractivity contribution is -0.125. The molecule has 1 atom stereocenters. The third kappa shape index (κ3) is 5.59. The van der Waals surface area contributed by atoms with Crippen LogP contribution in [0.15, 0.2) is 48.5 Å². The van der Waals surface area contributed by atoms with Crippen LogP contribution in [0.4, 0.5) is 10.1 Å². The Kier molecular flexibility index (Phi) is 7.44. The minimum atomic E-state index is -0.314. The van der Waals surface area contributed by atoms with E-state index in [4.69, 9.17) is 0 Å². The van der Waals surface area contributed by atoms with Gasteiger partial charge in [-0.25, -0.2) is 4.39 Å². The highest BCUT2D eigenvalue weighted by atomic mass is 19.1. The predicted octanol–water partition coefficient (Wildman–Crippen LogP) is 3.89. The van der Waals surface area contributed by atoms with Crippen molar-refractivity contribution in [2.75, 3.05) is 18.0 Å². The van der Waals surface area contributed by atoms with Gasteiger partial charge >= 0.3 is 0 Å². The Labute approximate surface area is 177 Å². The number of hydrogen-bond acceptors (Lipinski definition) is 3. The van der Waals surface area contributed by atoms with Gasteiger partial charge in [-0.05, 0) is 49.1 Å². The first-order valence-corrected chi connectivity index (χ1v) is 10.6. The van der Waals surface area contributed by atoms with Gasteiger partial charge in [0.25, 0.3) is 5.91 Å².